The van der Waals surface area contributed by atoms with Crippen LogP contribution >= 0.6 is 0 Å². The van der Waals surface area contributed by atoms with Gasteiger partial charge < -0.3 is 10.6 Å². The Bertz CT molecular complexity index is 435. The molecule has 1 aromatic rings. The number of amides is 2. The van der Waals surface area contributed by atoms with Crippen LogP contribution in [0.1, 0.15) is 16.8 Å². The molecular weight excluding hydrogens is 230 g/mol. The van der Waals surface area contributed by atoms with Gasteiger partial charge in [0.1, 0.15) is 0 Å². The minimum Gasteiger partial charge on any atom is -0.359 e. The number of nitrogens with one attached hydrogen (secondary N) is 2. The number of hydrogen-bond acceptors (Lipinski definition) is 2. The van der Waals surface area contributed by atoms with Crippen molar-refractivity contribution in [3.63, 3.8) is 0 Å². The lowest BCUT2D eigenvalue weighted by atomic mass is 10.2. The molecule has 0 atom stereocenters. The SMILES string of the molecule is CNC(=O)CCNC(=O)c1cccc(F)c1F. The van der Waals surface area contributed by atoms with Crippen molar-refractivity contribution in [3.05, 3.63) is 35.4 Å². The lowest BCUT2D eigenvalue weighted by Crippen LogP contribution is -2.29. The standard InChI is InChI=1S/C11H12F2N2O2/c1-14-9(16)5-6-15-11(17)7-3-2-4-8(12)10(7)13/h2-4H,5-6H2,1H3,(H,14,16)(H,15,17). The van der Waals surface area contributed by atoms with E-state index in [1.807, 2.05) is 0 Å². The number of hydrogen-bond donors (Lipinski definition) is 2. The van der Waals surface area contributed by atoms with E-state index in [2.05, 4.69) is 10.6 Å². The molecule has 0 spiro atoms. The number of halogens is 2. The molecule has 0 aliphatic heterocycles. The van der Waals surface area contributed by atoms with Gasteiger partial charge in [-0.1, -0.05) is 6.07 Å². The predicted octanol–water partition coefficient (Wildman–Crippen LogP) is 0.831. The van der Waals surface area contributed by atoms with Gasteiger partial charge in [0.25, 0.3) is 5.91 Å². The molecule has 1 aromatic carbocycles. The third kappa shape index (κ3) is 3.51. The molecule has 6 heteroatoms. The highest BCUT2D eigenvalue weighted by Gasteiger charge is 2.14. The van der Waals surface area contributed by atoms with E-state index in [1.165, 1.54) is 19.2 Å². The van der Waals surface area contributed by atoms with Crippen LogP contribution in [0.15, 0.2) is 18.2 Å². The van der Waals surface area contributed by atoms with Crippen molar-refractivity contribution in [2.75, 3.05) is 13.6 Å². The van der Waals surface area contributed by atoms with Crippen LogP contribution < -0.4 is 10.6 Å². The molecule has 2 N–H and O–H groups in total. The number of benzene rings is 1. The van der Waals surface area contributed by atoms with E-state index in [-0.39, 0.29) is 24.4 Å². The molecule has 0 aromatic heterocycles. The van der Waals surface area contributed by atoms with Gasteiger partial charge in [-0.3, -0.25) is 9.59 Å². The van der Waals surface area contributed by atoms with Crippen LogP contribution in [0.4, 0.5) is 8.78 Å². The summed E-state index contributed by atoms with van der Waals surface area (Å²) in [7, 11) is 1.47. The lowest BCUT2D eigenvalue weighted by molar-refractivity contribution is -0.120. The summed E-state index contributed by atoms with van der Waals surface area (Å²) in [5.41, 5.74) is -0.373. The molecule has 1 rings (SSSR count). The smallest absolute Gasteiger partial charge is 0.254 e. The van der Waals surface area contributed by atoms with E-state index in [4.69, 9.17) is 0 Å². The fraction of sp³-hybridized carbons (Fsp3) is 0.273. The molecule has 0 saturated heterocycles. The minimum atomic E-state index is -1.19. The van der Waals surface area contributed by atoms with Crippen LogP contribution in [0.5, 0.6) is 0 Å². The molecule has 0 aliphatic carbocycles. The summed E-state index contributed by atoms with van der Waals surface area (Å²) in [4.78, 5) is 22.3. The maximum absolute atomic E-state index is 13.2. The van der Waals surface area contributed by atoms with Crippen molar-refractivity contribution >= 4 is 11.8 Å². The molecule has 0 saturated carbocycles. The second-order valence-electron chi connectivity index (χ2n) is 3.28. The molecule has 0 fully saturated rings. The first kappa shape index (κ1) is 13.1. The average molecular weight is 242 g/mol. The topological polar surface area (TPSA) is 58.2 Å². The van der Waals surface area contributed by atoms with Crippen molar-refractivity contribution in [3.8, 4) is 0 Å². The first-order valence-electron chi connectivity index (χ1n) is 4.99. The van der Waals surface area contributed by atoms with Crippen LogP contribution in [0.2, 0.25) is 0 Å². The summed E-state index contributed by atoms with van der Waals surface area (Å²) >= 11 is 0. The fourth-order valence-corrected chi connectivity index (χ4v) is 1.19. The molecule has 0 bridgehead atoms. The molecule has 0 unspecified atom stereocenters. The quantitative estimate of drug-likeness (QED) is 0.821. The van der Waals surface area contributed by atoms with Gasteiger partial charge in [0, 0.05) is 20.0 Å². The molecule has 0 aliphatic rings. The minimum absolute atomic E-state index is 0.0639. The molecule has 0 radical (unpaired) electrons. The Balaban J connectivity index is 2.59. The van der Waals surface area contributed by atoms with E-state index >= 15 is 0 Å². The van der Waals surface area contributed by atoms with E-state index in [0.717, 1.165) is 6.07 Å². The second-order valence-corrected chi connectivity index (χ2v) is 3.28. The second kappa shape index (κ2) is 5.93. The Morgan fingerprint density at radius 3 is 2.65 bits per heavy atom. The Hall–Kier alpha value is -1.98. The van der Waals surface area contributed by atoms with Crippen LogP contribution in [-0.4, -0.2) is 25.4 Å². The fourth-order valence-electron chi connectivity index (χ4n) is 1.19. The summed E-state index contributed by atoms with van der Waals surface area (Å²) < 4.78 is 26.0. The van der Waals surface area contributed by atoms with Crippen LogP contribution in [0.3, 0.4) is 0 Å². The van der Waals surface area contributed by atoms with Crippen LogP contribution in [0, 0.1) is 11.6 Å². The first-order valence-corrected chi connectivity index (χ1v) is 4.99. The van der Waals surface area contributed by atoms with Gasteiger partial charge in [-0.2, -0.15) is 0 Å². The van der Waals surface area contributed by atoms with Gasteiger partial charge in [-0.05, 0) is 12.1 Å². The van der Waals surface area contributed by atoms with E-state index in [9.17, 15) is 18.4 Å². The highest BCUT2D eigenvalue weighted by molar-refractivity contribution is 5.94. The summed E-state index contributed by atoms with van der Waals surface area (Å²) in [5, 5.41) is 4.70. The Kier molecular flexibility index (Phi) is 4.56. The van der Waals surface area contributed by atoms with Gasteiger partial charge in [0.15, 0.2) is 11.6 Å². The zero-order valence-electron chi connectivity index (χ0n) is 9.22. The van der Waals surface area contributed by atoms with E-state index < -0.39 is 17.5 Å². The molecule has 0 heterocycles. The largest absolute Gasteiger partial charge is 0.359 e. The average Bonchev–Trinajstić information content (AvgIpc) is 2.32. The van der Waals surface area contributed by atoms with Crippen molar-refractivity contribution in [2.24, 2.45) is 0 Å². The lowest BCUT2D eigenvalue weighted by Gasteiger charge is -2.05. The Morgan fingerprint density at radius 2 is 2.00 bits per heavy atom. The van der Waals surface area contributed by atoms with Gasteiger partial charge in [0.05, 0.1) is 5.56 Å². The number of rotatable bonds is 4. The molecule has 17 heavy (non-hydrogen) atoms. The number of carbonyl (C=O) groups is 2. The van der Waals surface area contributed by atoms with Gasteiger partial charge in [0.2, 0.25) is 5.91 Å². The van der Waals surface area contributed by atoms with Crippen molar-refractivity contribution in [1.29, 1.82) is 0 Å². The maximum Gasteiger partial charge on any atom is 0.254 e. The van der Waals surface area contributed by atoms with E-state index in [1.54, 1.807) is 0 Å². The van der Waals surface area contributed by atoms with Gasteiger partial charge in [-0.15, -0.1) is 0 Å². The third-order valence-electron chi connectivity index (χ3n) is 2.11. The van der Waals surface area contributed by atoms with Crippen molar-refractivity contribution in [1.82, 2.24) is 10.6 Å². The maximum atomic E-state index is 13.2. The zero-order chi connectivity index (χ0) is 12.8. The highest BCUT2D eigenvalue weighted by Crippen LogP contribution is 2.10. The Morgan fingerprint density at radius 1 is 1.29 bits per heavy atom. The van der Waals surface area contributed by atoms with Crippen molar-refractivity contribution in [2.45, 2.75) is 6.42 Å². The summed E-state index contributed by atoms with van der Waals surface area (Å²) in [6.45, 7) is 0.0639. The summed E-state index contributed by atoms with van der Waals surface area (Å²) in [5.74, 6) is -3.26. The van der Waals surface area contributed by atoms with Crippen LogP contribution in [0.25, 0.3) is 0 Å². The summed E-state index contributed by atoms with van der Waals surface area (Å²) in [6.07, 6.45) is 0.0825. The Labute approximate surface area is 97.0 Å². The zero-order valence-corrected chi connectivity index (χ0v) is 9.22. The van der Waals surface area contributed by atoms with Gasteiger partial charge >= 0.3 is 0 Å². The third-order valence-corrected chi connectivity index (χ3v) is 2.11. The predicted molar refractivity (Wildman–Crippen MR) is 57.4 cm³/mol. The molecular formula is C11H12F2N2O2. The monoisotopic (exact) mass is 242 g/mol. The van der Waals surface area contributed by atoms with Crippen molar-refractivity contribution < 1.29 is 18.4 Å². The number of carbonyl (C=O) groups excluding carboxylic acids is 2. The van der Waals surface area contributed by atoms with Gasteiger partial charge in [-0.25, -0.2) is 8.78 Å². The molecule has 4 nitrogen and oxygen atoms in total. The molecule has 92 valence electrons. The van der Waals surface area contributed by atoms with Crippen LogP contribution in [-0.2, 0) is 4.79 Å². The first-order chi connectivity index (χ1) is 8.06. The van der Waals surface area contributed by atoms with E-state index in [0.29, 0.717) is 0 Å². The molecule has 2 amide bonds. The summed E-state index contributed by atoms with van der Waals surface area (Å²) in [6, 6.07) is 3.34. The normalized spacial score (nSPS) is 9.82. The highest BCUT2D eigenvalue weighted by atomic mass is 19.2.